The van der Waals surface area contributed by atoms with Crippen molar-refractivity contribution in [3.8, 4) is 0 Å². The SMILES string of the molecule is C=C(COC12CC3CC(CC(C3)C1)C2)C(=O)OCC. The van der Waals surface area contributed by atoms with Crippen LogP contribution < -0.4 is 0 Å². The summed E-state index contributed by atoms with van der Waals surface area (Å²) in [6.45, 7) is 6.34. The second-order valence-corrected chi connectivity index (χ2v) is 6.71. The summed E-state index contributed by atoms with van der Waals surface area (Å²) >= 11 is 0. The second kappa shape index (κ2) is 4.93. The van der Waals surface area contributed by atoms with Gasteiger partial charge in [-0.05, 0) is 63.2 Å². The Kier molecular flexibility index (Phi) is 3.42. The Balaban J connectivity index is 1.58. The van der Waals surface area contributed by atoms with Crippen LogP contribution in [0.1, 0.15) is 45.4 Å². The Bertz CT molecular complexity index is 350. The molecule has 0 aromatic carbocycles. The fourth-order valence-electron chi connectivity index (χ4n) is 4.74. The quantitative estimate of drug-likeness (QED) is 0.565. The zero-order valence-corrected chi connectivity index (χ0v) is 11.8. The standard InChI is InChI=1S/C16H24O3/c1-3-18-15(17)11(2)10-19-16-7-12-4-13(8-16)6-14(5-12)9-16/h12-14H,2-10H2,1H3. The molecule has 4 aliphatic carbocycles. The molecule has 0 atom stereocenters. The van der Waals surface area contributed by atoms with E-state index in [1.807, 2.05) is 6.92 Å². The van der Waals surface area contributed by atoms with Crippen molar-refractivity contribution in [1.82, 2.24) is 0 Å². The number of carbonyl (C=O) groups excluding carboxylic acids is 1. The largest absolute Gasteiger partial charge is 0.463 e. The molecule has 3 nitrogen and oxygen atoms in total. The van der Waals surface area contributed by atoms with Gasteiger partial charge in [0, 0.05) is 0 Å². The van der Waals surface area contributed by atoms with Crippen LogP contribution in [0.3, 0.4) is 0 Å². The normalized spacial score (nSPS) is 39.3. The molecule has 106 valence electrons. The van der Waals surface area contributed by atoms with Crippen molar-refractivity contribution in [2.45, 2.75) is 51.0 Å². The molecule has 0 aromatic heterocycles. The molecule has 0 radical (unpaired) electrons. The molecule has 0 aliphatic heterocycles. The molecule has 4 saturated carbocycles. The predicted molar refractivity (Wildman–Crippen MR) is 72.6 cm³/mol. The van der Waals surface area contributed by atoms with Gasteiger partial charge in [0.05, 0.1) is 24.4 Å². The highest BCUT2D eigenvalue weighted by Gasteiger charge is 2.51. The van der Waals surface area contributed by atoms with Gasteiger partial charge in [0.2, 0.25) is 0 Å². The molecule has 3 heteroatoms. The Morgan fingerprint density at radius 1 is 1.16 bits per heavy atom. The lowest BCUT2D eigenvalue weighted by atomic mass is 9.54. The maximum atomic E-state index is 11.6. The summed E-state index contributed by atoms with van der Waals surface area (Å²) in [5.74, 6) is 2.28. The predicted octanol–water partition coefficient (Wildman–Crippen LogP) is 3.09. The minimum Gasteiger partial charge on any atom is -0.463 e. The van der Waals surface area contributed by atoms with Crippen LogP contribution in [-0.4, -0.2) is 24.8 Å². The van der Waals surface area contributed by atoms with Crippen molar-refractivity contribution in [2.75, 3.05) is 13.2 Å². The van der Waals surface area contributed by atoms with E-state index in [0.717, 1.165) is 17.8 Å². The van der Waals surface area contributed by atoms with Gasteiger partial charge < -0.3 is 9.47 Å². The summed E-state index contributed by atoms with van der Waals surface area (Å²) in [6, 6.07) is 0. The highest BCUT2D eigenvalue weighted by atomic mass is 16.5. The van der Waals surface area contributed by atoms with Crippen LogP contribution >= 0.6 is 0 Å². The average Bonchev–Trinajstić information content (AvgIpc) is 2.34. The van der Waals surface area contributed by atoms with Crippen LogP contribution in [0.2, 0.25) is 0 Å². The summed E-state index contributed by atoms with van der Waals surface area (Å²) in [7, 11) is 0. The van der Waals surface area contributed by atoms with Crippen molar-refractivity contribution in [3.05, 3.63) is 12.2 Å². The molecular formula is C16H24O3. The van der Waals surface area contributed by atoms with Crippen molar-refractivity contribution in [2.24, 2.45) is 17.8 Å². The monoisotopic (exact) mass is 264 g/mol. The third-order valence-electron chi connectivity index (χ3n) is 5.10. The van der Waals surface area contributed by atoms with Gasteiger partial charge in [0.15, 0.2) is 0 Å². The zero-order valence-electron chi connectivity index (χ0n) is 11.8. The van der Waals surface area contributed by atoms with E-state index in [4.69, 9.17) is 9.47 Å². The van der Waals surface area contributed by atoms with Crippen molar-refractivity contribution in [3.63, 3.8) is 0 Å². The summed E-state index contributed by atoms with van der Waals surface area (Å²) in [6.07, 6.45) is 7.78. The third kappa shape index (κ3) is 2.58. The van der Waals surface area contributed by atoms with Crippen molar-refractivity contribution in [1.29, 1.82) is 0 Å². The summed E-state index contributed by atoms with van der Waals surface area (Å²) in [5, 5.41) is 0. The van der Waals surface area contributed by atoms with Crippen LogP contribution in [0.5, 0.6) is 0 Å². The molecule has 4 bridgehead atoms. The van der Waals surface area contributed by atoms with Gasteiger partial charge in [-0.2, -0.15) is 0 Å². The molecule has 0 aromatic rings. The van der Waals surface area contributed by atoms with E-state index in [1.165, 1.54) is 38.5 Å². The molecule has 4 rings (SSSR count). The number of hydrogen-bond donors (Lipinski definition) is 0. The van der Waals surface area contributed by atoms with E-state index in [1.54, 1.807) is 0 Å². The lowest BCUT2D eigenvalue weighted by Gasteiger charge is -2.56. The molecule has 4 aliphatic rings. The summed E-state index contributed by atoms with van der Waals surface area (Å²) in [5.41, 5.74) is 0.502. The number of ether oxygens (including phenoxy) is 2. The Hall–Kier alpha value is -0.830. The van der Waals surface area contributed by atoms with Gasteiger partial charge in [0.1, 0.15) is 0 Å². The third-order valence-corrected chi connectivity index (χ3v) is 5.10. The van der Waals surface area contributed by atoms with E-state index in [9.17, 15) is 4.79 Å². The number of hydrogen-bond acceptors (Lipinski definition) is 3. The second-order valence-electron chi connectivity index (χ2n) is 6.71. The first-order valence-electron chi connectivity index (χ1n) is 7.59. The van der Waals surface area contributed by atoms with Crippen molar-refractivity contribution >= 4 is 5.97 Å². The fraction of sp³-hybridized carbons (Fsp3) is 0.812. The van der Waals surface area contributed by atoms with Gasteiger partial charge in [-0.1, -0.05) is 6.58 Å². The molecule has 0 unspecified atom stereocenters. The lowest BCUT2D eigenvalue weighted by Crippen LogP contribution is -2.52. The maximum absolute atomic E-state index is 11.6. The smallest absolute Gasteiger partial charge is 0.335 e. The minimum atomic E-state index is -0.313. The van der Waals surface area contributed by atoms with E-state index >= 15 is 0 Å². The van der Waals surface area contributed by atoms with E-state index < -0.39 is 0 Å². The zero-order chi connectivity index (χ0) is 13.5. The van der Waals surface area contributed by atoms with Gasteiger partial charge in [0.25, 0.3) is 0 Å². The van der Waals surface area contributed by atoms with E-state index in [-0.39, 0.29) is 11.6 Å². The molecule has 4 fully saturated rings. The molecular weight excluding hydrogens is 240 g/mol. The Morgan fingerprint density at radius 3 is 2.16 bits per heavy atom. The van der Waals surface area contributed by atoms with Gasteiger partial charge >= 0.3 is 5.97 Å². The van der Waals surface area contributed by atoms with Crippen LogP contribution in [0.15, 0.2) is 12.2 Å². The molecule has 0 saturated heterocycles. The van der Waals surface area contributed by atoms with Gasteiger partial charge in [-0.15, -0.1) is 0 Å². The first-order chi connectivity index (χ1) is 9.10. The number of carbonyl (C=O) groups is 1. The molecule has 0 N–H and O–H groups in total. The van der Waals surface area contributed by atoms with E-state index in [2.05, 4.69) is 6.58 Å². The lowest BCUT2D eigenvalue weighted by molar-refractivity contribution is -0.160. The first kappa shape index (κ1) is 13.2. The van der Waals surface area contributed by atoms with E-state index in [0.29, 0.717) is 18.8 Å². The highest BCUT2D eigenvalue weighted by molar-refractivity contribution is 5.87. The molecule has 19 heavy (non-hydrogen) atoms. The average molecular weight is 264 g/mol. The van der Waals surface area contributed by atoms with Crippen LogP contribution in [0.4, 0.5) is 0 Å². The fourth-order valence-corrected chi connectivity index (χ4v) is 4.74. The molecule has 0 spiro atoms. The summed E-state index contributed by atoms with van der Waals surface area (Å²) in [4.78, 5) is 11.6. The van der Waals surface area contributed by atoms with Crippen molar-refractivity contribution < 1.29 is 14.3 Å². The Morgan fingerprint density at radius 2 is 1.68 bits per heavy atom. The number of rotatable bonds is 5. The minimum absolute atomic E-state index is 0.0458. The molecule has 0 heterocycles. The maximum Gasteiger partial charge on any atom is 0.335 e. The van der Waals surface area contributed by atoms with Crippen LogP contribution in [-0.2, 0) is 14.3 Å². The number of esters is 1. The van der Waals surface area contributed by atoms with Crippen LogP contribution in [0, 0.1) is 17.8 Å². The Labute approximate surface area is 115 Å². The van der Waals surface area contributed by atoms with Crippen LogP contribution in [0.25, 0.3) is 0 Å². The topological polar surface area (TPSA) is 35.5 Å². The summed E-state index contributed by atoms with van der Waals surface area (Å²) < 4.78 is 11.1. The highest BCUT2D eigenvalue weighted by Crippen LogP contribution is 2.57. The van der Waals surface area contributed by atoms with Gasteiger partial charge in [-0.3, -0.25) is 0 Å². The first-order valence-corrected chi connectivity index (χ1v) is 7.59. The van der Waals surface area contributed by atoms with Gasteiger partial charge in [-0.25, -0.2) is 4.79 Å². The molecule has 0 amide bonds.